The quantitative estimate of drug-likeness (QED) is 0.639. The Morgan fingerprint density at radius 3 is 2.92 bits per heavy atom. The van der Waals surface area contributed by atoms with Crippen molar-refractivity contribution in [2.75, 3.05) is 6.61 Å². The lowest BCUT2D eigenvalue weighted by Gasteiger charge is -2.32. The molecule has 1 atom stereocenters. The maximum Gasteiger partial charge on any atom is 0.166 e. The highest BCUT2D eigenvalue weighted by Gasteiger charge is 2.17. The fraction of sp³-hybridized carbons (Fsp3) is 0.667. The van der Waals surface area contributed by atoms with Crippen molar-refractivity contribution in [1.29, 1.82) is 0 Å². The van der Waals surface area contributed by atoms with Gasteiger partial charge in [0.2, 0.25) is 0 Å². The molecular formula is C9H16N2O. The van der Waals surface area contributed by atoms with E-state index in [0.29, 0.717) is 12.6 Å². The van der Waals surface area contributed by atoms with Gasteiger partial charge in [-0.05, 0) is 20.8 Å². The maximum absolute atomic E-state index is 5.48. The summed E-state index contributed by atoms with van der Waals surface area (Å²) in [5.41, 5.74) is 0. The first-order chi connectivity index (χ1) is 5.75. The number of rotatable bonds is 3. The molecule has 0 aromatic carbocycles. The second-order valence-corrected chi connectivity index (χ2v) is 2.98. The van der Waals surface area contributed by atoms with Crippen LogP contribution in [-0.2, 0) is 4.74 Å². The second-order valence-electron chi connectivity index (χ2n) is 2.98. The van der Waals surface area contributed by atoms with Crippen LogP contribution in [0.15, 0.2) is 17.4 Å². The molecule has 0 aromatic heterocycles. The molecule has 0 amide bonds. The number of aliphatic imine (C=N–C) groups is 1. The highest BCUT2D eigenvalue weighted by molar-refractivity contribution is 5.64. The molecule has 0 aromatic rings. The van der Waals surface area contributed by atoms with Gasteiger partial charge in [-0.3, -0.25) is 4.99 Å². The Bertz CT molecular complexity index is 187. The van der Waals surface area contributed by atoms with E-state index in [0.717, 1.165) is 0 Å². The van der Waals surface area contributed by atoms with Crippen LogP contribution in [0.5, 0.6) is 0 Å². The summed E-state index contributed by atoms with van der Waals surface area (Å²) in [6, 6.07) is 0.449. The minimum absolute atomic E-state index is 0.0139. The summed E-state index contributed by atoms with van der Waals surface area (Å²) in [6.45, 7) is 6.98. The first kappa shape index (κ1) is 9.26. The molecule has 0 N–H and O–H groups in total. The largest absolute Gasteiger partial charge is 0.353 e. The van der Waals surface area contributed by atoms with Crippen LogP contribution in [0.1, 0.15) is 20.8 Å². The van der Waals surface area contributed by atoms with Gasteiger partial charge in [0.15, 0.2) is 6.23 Å². The molecule has 1 unspecified atom stereocenters. The Kier molecular flexibility index (Phi) is 3.29. The van der Waals surface area contributed by atoms with Gasteiger partial charge in [0.25, 0.3) is 0 Å². The molecule has 3 heteroatoms. The summed E-state index contributed by atoms with van der Waals surface area (Å²) < 4.78 is 5.48. The average molecular weight is 168 g/mol. The number of hydrogen-bond donors (Lipinski definition) is 0. The van der Waals surface area contributed by atoms with E-state index in [9.17, 15) is 0 Å². The fourth-order valence-electron chi connectivity index (χ4n) is 1.17. The Hall–Kier alpha value is -0.830. The van der Waals surface area contributed by atoms with Crippen molar-refractivity contribution in [3.63, 3.8) is 0 Å². The molecule has 1 rings (SSSR count). The Morgan fingerprint density at radius 1 is 1.58 bits per heavy atom. The van der Waals surface area contributed by atoms with Crippen molar-refractivity contribution in [3.8, 4) is 0 Å². The molecule has 0 aliphatic carbocycles. The summed E-state index contributed by atoms with van der Waals surface area (Å²) in [5.74, 6) is 0. The zero-order chi connectivity index (χ0) is 8.97. The molecule has 3 nitrogen and oxygen atoms in total. The van der Waals surface area contributed by atoms with E-state index in [-0.39, 0.29) is 6.23 Å². The van der Waals surface area contributed by atoms with Gasteiger partial charge < -0.3 is 9.64 Å². The Morgan fingerprint density at radius 2 is 2.33 bits per heavy atom. The first-order valence-corrected chi connectivity index (χ1v) is 4.34. The predicted octanol–water partition coefficient (Wildman–Crippen LogP) is 1.61. The molecule has 12 heavy (non-hydrogen) atoms. The third-order valence-electron chi connectivity index (χ3n) is 1.77. The van der Waals surface area contributed by atoms with Crippen LogP contribution in [0, 0.1) is 0 Å². The van der Waals surface area contributed by atoms with Crippen molar-refractivity contribution < 1.29 is 4.74 Å². The van der Waals surface area contributed by atoms with Crippen molar-refractivity contribution in [1.82, 2.24) is 4.90 Å². The van der Waals surface area contributed by atoms with Crippen LogP contribution in [0.3, 0.4) is 0 Å². The van der Waals surface area contributed by atoms with Crippen LogP contribution >= 0.6 is 0 Å². The zero-order valence-corrected chi connectivity index (χ0v) is 7.90. The standard InChI is InChI=1S/C9H16N2O/c1-4-12-9-7-10-5-6-11(9)8(2)3/h5-9H,4H2,1-3H3. The van der Waals surface area contributed by atoms with Crippen molar-refractivity contribution in [2.24, 2.45) is 4.99 Å². The third kappa shape index (κ3) is 2.08. The van der Waals surface area contributed by atoms with E-state index in [2.05, 4.69) is 23.7 Å². The summed E-state index contributed by atoms with van der Waals surface area (Å²) in [4.78, 5) is 6.17. The average Bonchev–Trinajstić information content (AvgIpc) is 2.05. The van der Waals surface area contributed by atoms with Gasteiger partial charge in [-0.2, -0.15) is 0 Å². The monoisotopic (exact) mass is 168 g/mol. The van der Waals surface area contributed by atoms with Crippen LogP contribution in [0.4, 0.5) is 0 Å². The smallest absolute Gasteiger partial charge is 0.166 e. The fourth-order valence-corrected chi connectivity index (χ4v) is 1.17. The molecule has 1 aliphatic rings. The van der Waals surface area contributed by atoms with E-state index >= 15 is 0 Å². The summed E-state index contributed by atoms with van der Waals surface area (Å²) in [5, 5.41) is 0. The van der Waals surface area contributed by atoms with Gasteiger partial charge in [0.05, 0.1) is 6.21 Å². The minimum Gasteiger partial charge on any atom is -0.353 e. The second kappa shape index (κ2) is 4.26. The normalized spacial score (nSPS) is 22.3. The number of nitrogens with zero attached hydrogens (tertiary/aromatic N) is 2. The topological polar surface area (TPSA) is 24.8 Å². The SMILES string of the molecule is CCOC1C=NC=CN1C(C)C. The highest BCUT2D eigenvalue weighted by Crippen LogP contribution is 2.09. The van der Waals surface area contributed by atoms with Crippen molar-refractivity contribution in [3.05, 3.63) is 12.4 Å². The minimum atomic E-state index is 0.0139. The van der Waals surface area contributed by atoms with Crippen LogP contribution < -0.4 is 0 Å². The Labute approximate surface area is 73.7 Å². The summed E-state index contributed by atoms with van der Waals surface area (Å²) in [7, 11) is 0. The molecule has 0 spiro atoms. The number of ether oxygens (including phenoxy) is 1. The lowest BCUT2D eigenvalue weighted by Crippen LogP contribution is -2.40. The molecule has 0 saturated heterocycles. The molecule has 68 valence electrons. The molecular weight excluding hydrogens is 152 g/mol. The molecule has 1 heterocycles. The van der Waals surface area contributed by atoms with Gasteiger partial charge in [-0.25, -0.2) is 0 Å². The predicted molar refractivity (Wildman–Crippen MR) is 50.0 cm³/mol. The molecule has 0 radical (unpaired) electrons. The van der Waals surface area contributed by atoms with E-state index in [1.807, 2.05) is 19.3 Å². The first-order valence-electron chi connectivity index (χ1n) is 4.34. The van der Waals surface area contributed by atoms with Gasteiger partial charge in [-0.1, -0.05) is 0 Å². The van der Waals surface area contributed by atoms with Gasteiger partial charge in [-0.15, -0.1) is 0 Å². The maximum atomic E-state index is 5.48. The van der Waals surface area contributed by atoms with E-state index in [1.54, 1.807) is 6.20 Å². The zero-order valence-electron chi connectivity index (χ0n) is 7.90. The van der Waals surface area contributed by atoms with Crippen LogP contribution in [0.25, 0.3) is 0 Å². The van der Waals surface area contributed by atoms with E-state index in [4.69, 9.17) is 4.74 Å². The van der Waals surface area contributed by atoms with Crippen LogP contribution in [0.2, 0.25) is 0 Å². The van der Waals surface area contributed by atoms with E-state index in [1.165, 1.54) is 0 Å². The molecule has 0 saturated carbocycles. The third-order valence-corrected chi connectivity index (χ3v) is 1.77. The van der Waals surface area contributed by atoms with E-state index < -0.39 is 0 Å². The number of hydrogen-bond acceptors (Lipinski definition) is 3. The lowest BCUT2D eigenvalue weighted by atomic mass is 10.3. The lowest BCUT2D eigenvalue weighted by molar-refractivity contribution is 0.00500. The van der Waals surface area contributed by atoms with Crippen LogP contribution in [-0.4, -0.2) is 30.0 Å². The van der Waals surface area contributed by atoms with Crippen molar-refractivity contribution >= 4 is 6.21 Å². The summed E-state index contributed by atoms with van der Waals surface area (Å²) >= 11 is 0. The van der Waals surface area contributed by atoms with Gasteiger partial charge >= 0.3 is 0 Å². The van der Waals surface area contributed by atoms with Gasteiger partial charge in [0, 0.05) is 25.0 Å². The highest BCUT2D eigenvalue weighted by atomic mass is 16.5. The summed E-state index contributed by atoms with van der Waals surface area (Å²) in [6.07, 6.45) is 5.59. The Balaban J connectivity index is 2.57. The molecule has 0 bridgehead atoms. The molecule has 1 aliphatic heterocycles. The van der Waals surface area contributed by atoms with Gasteiger partial charge in [0.1, 0.15) is 0 Å². The van der Waals surface area contributed by atoms with Crippen molar-refractivity contribution in [2.45, 2.75) is 33.0 Å². The molecule has 0 fully saturated rings.